The minimum absolute atomic E-state index is 0.0103. The fourth-order valence-electron chi connectivity index (χ4n) is 6.29. The quantitative estimate of drug-likeness (QED) is 0.0283. The summed E-state index contributed by atoms with van der Waals surface area (Å²) < 4.78 is 164. The van der Waals surface area contributed by atoms with E-state index in [1.54, 1.807) is 6.07 Å². The standard InChI is InChI=1S/C36H31N5O15S6/c1-19-13-25(26-14-20(2)28(16-34(26)61(51,52)53)39-41-30-18-32(59(45,46)47)22-8-4-6-10-24(22)36(30)42)33(60(48,49)50)15-27(19)38-40-29-17-31(21-7-3-5-9-23(21)35(29)37)58(43,44)12-11-57-62(54,55)56/h3-10,13-18,42H,11-12,37H2,1-2H3,(H,45,46,47)(H,48,49,50)(H,51,52,53)(H,54,55,56). The van der Waals surface area contributed by atoms with Gasteiger partial charge in [-0.3, -0.25) is 18.2 Å². The summed E-state index contributed by atoms with van der Waals surface area (Å²) in [6, 6.07) is 17.4. The summed E-state index contributed by atoms with van der Waals surface area (Å²) in [5, 5.41) is 27.1. The van der Waals surface area contributed by atoms with E-state index in [2.05, 4.69) is 20.5 Å². The Bertz CT molecular complexity index is 3510. The van der Waals surface area contributed by atoms with Crippen LogP contribution in [0.25, 0.3) is 32.7 Å². The number of nitrogen functional groups attached to an aromatic ring is 1. The van der Waals surface area contributed by atoms with Gasteiger partial charge in [-0.1, -0.05) is 48.5 Å². The minimum Gasteiger partial charge on any atom is -0.505 e. The number of phenolic OH excluding ortho intramolecular Hbond substituents is 1. The highest BCUT2D eigenvalue weighted by molar-refractivity contribution is 8.70. The molecule has 26 heteroatoms. The number of nitrogens with two attached hydrogens (primary N) is 1. The number of fused-ring (bicyclic) bond motifs is 2. The van der Waals surface area contributed by atoms with Crippen LogP contribution in [0.5, 0.6) is 5.75 Å². The highest BCUT2D eigenvalue weighted by atomic mass is 33.1. The van der Waals surface area contributed by atoms with E-state index >= 15 is 0 Å². The second-order valence-electron chi connectivity index (χ2n) is 13.3. The van der Waals surface area contributed by atoms with Gasteiger partial charge in [0, 0.05) is 38.4 Å². The van der Waals surface area contributed by atoms with Crippen LogP contribution in [0.15, 0.2) is 125 Å². The molecule has 0 radical (unpaired) electrons. The van der Waals surface area contributed by atoms with Gasteiger partial charge in [0.1, 0.15) is 26.1 Å². The number of aryl methyl sites for hydroxylation is 2. The van der Waals surface area contributed by atoms with Crippen molar-refractivity contribution >= 4 is 110 Å². The number of anilines is 1. The maximum absolute atomic E-state index is 13.4. The lowest BCUT2D eigenvalue weighted by Crippen LogP contribution is -2.11. The van der Waals surface area contributed by atoms with Gasteiger partial charge in [-0.15, -0.1) is 10.2 Å². The van der Waals surface area contributed by atoms with Crippen molar-refractivity contribution in [1.29, 1.82) is 0 Å². The number of hydrogen-bond acceptors (Lipinski definition) is 17. The molecular formula is C36H31N5O15S6. The predicted octanol–water partition coefficient (Wildman–Crippen LogP) is 7.45. The topological polar surface area (TPSA) is 347 Å². The Kier molecular flexibility index (Phi) is 12.4. The molecule has 0 atom stereocenters. The molecule has 7 N–H and O–H groups in total. The summed E-state index contributed by atoms with van der Waals surface area (Å²) in [5.41, 5.74) is 4.38. The molecule has 0 unspecified atom stereocenters. The zero-order valence-electron chi connectivity index (χ0n) is 31.6. The highest BCUT2D eigenvalue weighted by Crippen LogP contribution is 2.43. The third kappa shape index (κ3) is 9.78. The fraction of sp³-hybridized carbons (Fsp3) is 0.111. The van der Waals surface area contributed by atoms with Crippen LogP contribution in [-0.4, -0.2) is 76.9 Å². The van der Waals surface area contributed by atoms with Crippen molar-refractivity contribution in [2.24, 2.45) is 20.5 Å². The summed E-state index contributed by atoms with van der Waals surface area (Å²) >= 11 is 0. The Morgan fingerprint density at radius 2 is 0.903 bits per heavy atom. The highest BCUT2D eigenvalue weighted by Gasteiger charge is 2.27. The van der Waals surface area contributed by atoms with Crippen LogP contribution in [0.1, 0.15) is 11.1 Å². The first kappa shape index (κ1) is 46.1. The van der Waals surface area contributed by atoms with Gasteiger partial charge < -0.3 is 10.8 Å². The fourth-order valence-corrected chi connectivity index (χ4v) is 12.0. The predicted molar refractivity (Wildman–Crippen MR) is 229 cm³/mol. The van der Waals surface area contributed by atoms with Crippen molar-refractivity contribution in [1.82, 2.24) is 0 Å². The Balaban J connectivity index is 1.46. The molecule has 6 rings (SSSR count). The molecule has 0 heterocycles. The minimum atomic E-state index is -5.24. The van der Waals surface area contributed by atoms with Crippen molar-refractivity contribution in [2.45, 2.75) is 33.4 Å². The molecule has 62 heavy (non-hydrogen) atoms. The van der Waals surface area contributed by atoms with Crippen molar-refractivity contribution in [2.75, 3.05) is 17.2 Å². The van der Waals surface area contributed by atoms with E-state index in [1.165, 1.54) is 56.3 Å². The molecule has 326 valence electrons. The zero-order chi connectivity index (χ0) is 45.7. The van der Waals surface area contributed by atoms with Gasteiger partial charge in [-0.2, -0.15) is 43.9 Å². The number of hydrogen-bond donors (Lipinski definition) is 6. The molecule has 0 amide bonds. The van der Waals surface area contributed by atoms with E-state index in [9.17, 15) is 60.9 Å². The molecule has 0 spiro atoms. The largest absolute Gasteiger partial charge is 0.505 e. The average Bonchev–Trinajstić information content (AvgIpc) is 3.16. The van der Waals surface area contributed by atoms with Crippen LogP contribution in [0.2, 0.25) is 0 Å². The Morgan fingerprint density at radius 3 is 1.37 bits per heavy atom. The van der Waals surface area contributed by atoms with Crippen molar-refractivity contribution in [3.8, 4) is 16.9 Å². The summed E-state index contributed by atoms with van der Waals surface area (Å²) in [7, 11) is -24.1. The normalized spacial score (nSPS) is 13.2. The van der Waals surface area contributed by atoms with Crippen LogP contribution >= 0.6 is 10.8 Å². The van der Waals surface area contributed by atoms with Gasteiger partial charge in [0.2, 0.25) is 0 Å². The molecule has 0 saturated carbocycles. The summed E-state index contributed by atoms with van der Waals surface area (Å²) in [4.78, 5) is -2.78. The van der Waals surface area contributed by atoms with Crippen molar-refractivity contribution in [3.05, 3.63) is 96.1 Å². The molecule has 0 saturated heterocycles. The van der Waals surface area contributed by atoms with E-state index < -0.39 is 98.1 Å². The number of nitrogens with zero attached hydrogens (tertiary/aromatic N) is 4. The first-order valence-electron chi connectivity index (χ1n) is 17.1. The van der Waals surface area contributed by atoms with Crippen LogP contribution in [0, 0.1) is 13.8 Å². The smallest absolute Gasteiger partial charge is 0.319 e. The second kappa shape index (κ2) is 16.7. The number of phenols is 1. The maximum atomic E-state index is 13.4. The third-order valence-electron chi connectivity index (χ3n) is 9.16. The first-order chi connectivity index (χ1) is 28.7. The number of azo groups is 2. The SMILES string of the molecule is Cc1cc(-c2cc(C)c(N=Nc3cc(S(=O)(=O)O)c4ccccc4c3O)cc2S(=O)(=O)O)c(S(=O)(=O)O)cc1N=Nc1cc(S(=O)(=O)CCSS(=O)(=O)O)c2ccccc2c1N. The van der Waals surface area contributed by atoms with Crippen LogP contribution < -0.4 is 5.73 Å². The van der Waals surface area contributed by atoms with Gasteiger partial charge in [-0.05, 0) is 72.2 Å². The van der Waals surface area contributed by atoms with E-state index in [-0.39, 0.29) is 71.1 Å². The number of rotatable bonds is 13. The van der Waals surface area contributed by atoms with E-state index in [4.69, 9.17) is 10.3 Å². The van der Waals surface area contributed by atoms with Crippen LogP contribution in [0.3, 0.4) is 0 Å². The molecule has 0 bridgehead atoms. The number of benzene rings is 6. The Hall–Kier alpha value is -5.42. The molecule has 6 aromatic carbocycles. The lowest BCUT2D eigenvalue weighted by Gasteiger charge is -2.15. The van der Waals surface area contributed by atoms with E-state index in [1.807, 2.05) is 0 Å². The third-order valence-corrected chi connectivity index (χ3v) is 15.9. The average molecular weight is 966 g/mol. The maximum Gasteiger partial charge on any atom is 0.319 e. The van der Waals surface area contributed by atoms with Crippen molar-refractivity contribution in [3.63, 3.8) is 0 Å². The second-order valence-corrected chi connectivity index (χ2v) is 23.0. The number of sulfone groups is 1. The van der Waals surface area contributed by atoms with Gasteiger partial charge in [0.05, 0.1) is 27.7 Å². The summed E-state index contributed by atoms with van der Waals surface area (Å²) in [6.45, 7) is 2.78. The monoisotopic (exact) mass is 965 g/mol. The van der Waals surface area contributed by atoms with Gasteiger partial charge >= 0.3 is 9.15 Å². The number of aromatic hydroxyl groups is 1. The molecular weight excluding hydrogens is 935 g/mol. The van der Waals surface area contributed by atoms with E-state index in [0.717, 1.165) is 36.4 Å². The molecule has 0 aromatic heterocycles. The van der Waals surface area contributed by atoms with Crippen LogP contribution in [0.4, 0.5) is 28.4 Å². The molecule has 0 aliphatic heterocycles. The zero-order valence-corrected chi connectivity index (χ0v) is 36.5. The molecule has 0 aliphatic carbocycles. The van der Waals surface area contributed by atoms with Gasteiger partial charge in [0.25, 0.3) is 30.4 Å². The molecule has 20 nitrogen and oxygen atoms in total. The first-order valence-corrected chi connectivity index (χ1v) is 26.0. The summed E-state index contributed by atoms with van der Waals surface area (Å²) in [5.74, 6) is -1.79. The van der Waals surface area contributed by atoms with E-state index in [0.29, 0.717) is 0 Å². The van der Waals surface area contributed by atoms with Gasteiger partial charge in [0.15, 0.2) is 15.6 Å². The summed E-state index contributed by atoms with van der Waals surface area (Å²) in [6.07, 6.45) is 0. The molecule has 0 aliphatic rings. The van der Waals surface area contributed by atoms with Crippen LogP contribution in [-0.2, 0) is 49.3 Å². The Morgan fingerprint density at radius 1 is 0.516 bits per heavy atom. The molecule has 6 aromatic rings. The Labute approximate surface area is 357 Å². The lowest BCUT2D eigenvalue weighted by molar-refractivity contribution is 0.478. The lowest BCUT2D eigenvalue weighted by atomic mass is 9.99. The van der Waals surface area contributed by atoms with Crippen molar-refractivity contribution < 1.29 is 65.4 Å². The molecule has 0 fully saturated rings. The van der Waals surface area contributed by atoms with Gasteiger partial charge in [-0.25, -0.2) is 8.42 Å².